The lowest BCUT2D eigenvalue weighted by Gasteiger charge is -2.65. The summed E-state index contributed by atoms with van der Waals surface area (Å²) in [4.78, 5) is 64.1. The van der Waals surface area contributed by atoms with E-state index in [0.717, 1.165) is 87.3 Å². The standard InChI is InChI=1S/C42H72N2O5.C30H56N2O4/c1-18-19-22-42(34(46)48-31-20-23-38(8,9)43(16)40(31,12)13,35(47)49-32-21-24-39(10,11)44(17)41(32,14)15)27-28-25-29(36(2,3)4)33(45)30(26-28)37(5,6)7;1-26(2)20-17-22(28(5,6)31(26)9)30(25(35)36,19-15-13-11-12-14-16-24(33)34)23-18-21-27(3,4)32(10)29(23,7)8/h25-26,31-32,45H,18-24,27H2,1-17H3;22-23H,11-21H2,1-10H3,(H,33,34)(H,35,36). The molecule has 0 spiro atoms. The van der Waals surface area contributed by atoms with Gasteiger partial charge in [-0.15, -0.1) is 0 Å². The first-order valence-corrected chi connectivity index (χ1v) is 33.1. The Morgan fingerprint density at radius 1 is 0.506 bits per heavy atom. The smallest absolute Gasteiger partial charge is 0.324 e. The highest BCUT2D eigenvalue weighted by Crippen LogP contribution is 2.60. The Labute approximate surface area is 519 Å². The summed E-state index contributed by atoms with van der Waals surface area (Å²) in [6.07, 6.45) is 13.5. The predicted molar refractivity (Wildman–Crippen MR) is 349 cm³/mol. The fraction of sp³-hybridized carbons (Fsp3) is 0.861. The van der Waals surface area contributed by atoms with Gasteiger partial charge in [-0.05, 0) is 255 Å². The molecule has 4 aliphatic rings. The van der Waals surface area contributed by atoms with Crippen LogP contribution < -0.4 is 0 Å². The molecule has 85 heavy (non-hydrogen) atoms. The minimum Gasteiger partial charge on any atom is -0.507 e. The first-order chi connectivity index (χ1) is 38.4. The number of likely N-dealkylation sites (tertiary alicyclic amines) is 4. The lowest BCUT2D eigenvalue weighted by molar-refractivity contribution is -0.196. The molecule has 0 amide bonds. The molecule has 4 saturated heterocycles. The van der Waals surface area contributed by atoms with Crippen LogP contribution in [-0.2, 0) is 45.9 Å². The van der Waals surface area contributed by atoms with E-state index in [0.29, 0.717) is 38.5 Å². The molecule has 4 unspecified atom stereocenters. The van der Waals surface area contributed by atoms with Gasteiger partial charge in [0.25, 0.3) is 0 Å². The molecule has 4 atom stereocenters. The maximum atomic E-state index is 15.0. The number of carboxylic acids is 2. The van der Waals surface area contributed by atoms with Gasteiger partial charge >= 0.3 is 23.9 Å². The molecular formula is C72H128N4O9. The van der Waals surface area contributed by atoms with Gasteiger partial charge < -0.3 is 24.8 Å². The first-order valence-electron chi connectivity index (χ1n) is 33.1. The number of unbranched alkanes of at least 4 members (excludes halogenated alkanes) is 5. The highest BCUT2D eigenvalue weighted by molar-refractivity contribution is 6.00. The van der Waals surface area contributed by atoms with Gasteiger partial charge in [-0.2, -0.15) is 0 Å². The number of phenols is 1. The average Bonchev–Trinajstić information content (AvgIpc) is 1.38. The van der Waals surface area contributed by atoms with Gasteiger partial charge in [0.15, 0.2) is 5.41 Å². The number of piperidine rings is 4. The van der Waals surface area contributed by atoms with E-state index in [9.17, 15) is 19.8 Å². The van der Waals surface area contributed by atoms with Crippen molar-refractivity contribution in [1.29, 1.82) is 0 Å². The van der Waals surface area contributed by atoms with E-state index in [-0.39, 0.29) is 86.7 Å². The summed E-state index contributed by atoms with van der Waals surface area (Å²) >= 11 is 0. The lowest BCUT2D eigenvalue weighted by Crippen LogP contribution is -2.71. The summed E-state index contributed by atoms with van der Waals surface area (Å²) in [6, 6.07) is 3.99. The molecule has 4 fully saturated rings. The highest BCUT2D eigenvalue weighted by Gasteiger charge is 2.65. The Morgan fingerprint density at radius 2 is 0.847 bits per heavy atom. The molecule has 13 heteroatoms. The van der Waals surface area contributed by atoms with E-state index in [2.05, 4.69) is 207 Å². The number of aliphatic carboxylic acids is 2. The minimum atomic E-state index is -1.56. The van der Waals surface area contributed by atoms with Crippen molar-refractivity contribution in [2.45, 2.75) is 349 Å². The zero-order valence-electron chi connectivity index (χ0n) is 59.5. The zero-order valence-corrected chi connectivity index (χ0v) is 59.5. The third kappa shape index (κ3) is 15.5. The number of rotatable bonds is 20. The Bertz CT molecular complexity index is 2340. The molecule has 4 aliphatic heterocycles. The van der Waals surface area contributed by atoms with Crippen molar-refractivity contribution in [1.82, 2.24) is 19.6 Å². The number of carbonyl (C=O) groups is 4. The Morgan fingerprint density at radius 3 is 1.19 bits per heavy atom. The maximum Gasteiger partial charge on any atom is 0.324 e. The fourth-order valence-electron chi connectivity index (χ4n) is 16.2. The Hall–Kier alpha value is -3.26. The number of aromatic hydroxyl groups is 1. The molecule has 1 aromatic carbocycles. The largest absolute Gasteiger partial charge is 0.507 e. The van der Waals surface area contributed by atoms with Crippen LogP contribution in [0.15, 0.2) is 12.1 Å². The number of likely N-dealkylation sites (N-methyl/N-ethyl adjacent to an activating group) is 2. The van der Waals surface area contributed by atoms with Gasteiger partial charge in [-0.25, -0.2) is 0 Å². The van der Waals surface area contributed by atoms with Crippen LogP contribution in [0.5, 0.6) is 5.75 Å². The van der Waals surface area contributed by atoms with Crippen molar-refractivity contribution in [2.75, 3.05) is 28.2 Å². The summed E-state index contributed by atoms with van der Waals surface area (Å²) in [5.74, 6) is -1.98. The van der Waals surface area contributed by atoms with E-state index in [1.54, 1.807) is 0 Å². The minimum absolute atomic E-state index is 0.0370. The number of carboxylic acid groups (broad SMARTS) is 2. The van der Waals surface area contributed by atoms with Crippen LogP contribution in [0.1, 0.15) is 292 Å². The topological polar surface area (TPSA) is 160 Å². The van der Waals surface area contributed by atoms with E-state index >= 15 is 9.59 Å². The molecule has 0 saturated carbocycles. The van der Waals surface area contributed by atoms with Crippen molar-refractivity contribution in [3.8, 4) is 5.75 Å². The number of ether oxygens (including phenoxy) is 2. The summed E-state index contributed by atoms with van der Waals surface area (Å²) in [5, 5.41) is 31.7. The summed E-state index contributed by atoms with van der Waals surface area (Å²) in [5.41, 5.74) is -2.04. The second-order valence-electron chi connectivity index (χ2n) is 34.1. The molecule has 0 bridgehead atoms. The second-order valence-corrected chi connectivity index (χ2v) is 34.1. The summed E-state index contributed by atoms with van der Waals surface area (Å²) in [7, 11) is 8.56. The number of hydrogen-bond donors (Lipinski definition) is 3. The van der Waals surface area contributed by atoms with Crippen LogP contribution in [-0.4, -0.2) is 144 Å². The van der Waals surface area contributed by atoms with Crippen LogP contribution in [0.4, 0.5) is 0 Å². The lowest BCUT2D eigenvalue weighted by atomic mass is 9.49. The summed E-state index contributed by atoms with van der Waals surface area (Å²) < 4.78 is 13.2. The number of hydrogen-bond acceptors (Lipinski definition) is 11. The van der Waals surface area contributed by atoms with Crippen LogP contribution in [0.3, 0.4) is 0 Å². The van der Waals surface area contributed by atoms with Gasteiger partial charge in [0.05, 0.1) is 16.5 Å². The normalized spacial score (nSPS) is 27.0. The van der Waals surface area contributed by atoms with Crippen molar-refractivity contribution in [3.63, 3.8) is 0 Å². The molecule has 0 aromatic heterocycles. The average molecular weight is 1190 g/mol. The molecule has 13 nitrogen and oxygen atoms in total. The third-order valence-electron chi connectivity index (χ3n) is 23.6. The third-order valence-corrected chi connectivity index (χ3v) is 23.6. The van der Waals surface area contributed by atoms with E-state index in [1.165, 1.54) is 0 Å². The van der Waals surface area contributed by atoms with Gasteiger partial charge in [-0.3, -0.25) is 38.8 Å². The van der Waals surface area contributed by atoms with Crippen LogP contribution in [0, 0.1) is 22.7 Å². The maximum absolute atomic E-state index is 15.0. The Kier molecular flexibility index (Phi) is 23.0. The van der Waals surface area contributed by atoms with Gasteiger partial charge in [0.1, 0.15) is 18.0 Å². The van der Waals surface area contributed by atoms with Gasteiger partial charge in [-0.1, -0.05) is 99.1 Å². The van der Waals surface area contributed by atoms with E-state index < -0.39 is 45.8 Å². The van der Waals surface area contributed by atoms with E-state index in [4.69, 9.17) is 14.6 Å². The highest BCUT2D eigenvalue weighted by atomic mass is 16.6. The van der Waals surface area contributed by atoms with E-state index in [1.807, 2.05) is 12.1 Å². The molecule has 4 heterocycles. The first kappa shape index (κ1) is 74.2. The number of benzene rings is 1. The molecule has 3 N–H and O–H groups in total. The Balaban J connectivity index is 0.000000382. The number of carbonyl (C=O) groups excluding carboxylic acids is 2. The van der Waals surface area contributed by atoms with Crippen molar-refractivity contribution >= 4 is 23.9 Å². The molecule has 1 aromatic rings. The number of nitrogens with zero attached hydrogens (tertiary/aromatic N) is 4. The zero-order chi connectivity index (χ0) is 65.5. The molecular weight excluding hydrogens is 1060 g/mol. The monoisotopic (exact) mass is 1190 g/mol. The van der Waals surface area contributed by atoms with Crippen molar-refractivity contribution < 1.29 is 44.0 Å². The number of phenolic OH excluding ortho intramolecular Hbond substituents is 1. The SMILES string of the molecule is CCCCC(Cc1cc(C(C)(C)C)c(O)c(C(C)(C)C)c1)(C(=O)OC1CCC(C)(C)N(C)C1(C)C)C(=O)OC1CCC(C)(C)N(C)C1(C)C.CN1C(C)(C)CCC(C(CCCCCCCC(=O)O)(C(=O)O)C2CCC(C)(C)N(C)C2(C)C)C1(C)C. The van der Waals surface area contributed by atoms with Crippen LogP contribution in [0.2, 0.25) is 0 Å². The molecule has 0 aliphatic carbocycles. The quantitative estimate of drug-likeness (QED) is 0.0644. The predicted octanol–water partition coefficient (Wildman–Crippen LogP) is 15.8. The fourth-order valence-corrected chi connectivity index (χ4v) is 16.2. The number of esters is 2. The van der Waals surface area contributed by atoms with Crippen molar-refractivity contribution in [2.24, 2.45) is 22.7 Å². The van der Waals surface area contributed by atoms with Crippen LogP contribution >= 0.6 is 0 Å². The van der Waals surface area contributed by atoms with Crippen molar-refractivity contribution in [3.05, 3.63) is 28.8 Å². The summed E-state index contributed by atoms with van der Waals surface area (Å²) in [6.45, 7) is 50.2. The second kappa shape index (κ2) is 26.3. The molecule has 5 rings (SSSR count). The molecule has 490 valence electrons. The van der Waals surface area contributed by atoms with Gasteiger partial charge in [0, 0.05) is 39.7 Å². The van der Waals surface area contributed by atoms with Gasteiger partial charge in [0.2, 0.25) is 0 Å². The molecule has 0 radical (unpaired) electrons. The van der Waals surface area contributed by atoms with Crippen LogP contribution in [0.25, 0.3) is 0 Å².